The smallest absolute Gasteiger partial charge is 0.318 e. The second-order valence-electron chi connectivity index (χ2n) is 5.96. The number of rotatable bonds is 5. The third-order valence-electron chi connectivity index (χ3n) is 4.19. The average Bonchev–Trinajstić information content (AvgIpc) is 3.32. The van der Waals surface area contributed by atoms with Crippen molar-refractivity contribution in [2.75, 3.05) is 5.32 Å². The van der Waals surface area contributed by atoms with Gasteiger partial charge in [0.2, 0.25) is 0 Å². The maximum absolute atomic E-state index is 12.8. The summed E-state index contributed by atoms with van der Waals surface area (Å²) in [5.41, 5.74) is 1.29. The third-order valence-corrected chi connectivity index (χ3v) is 4.19. The van der Waals surface area contributed by atoms with Crippen LogP contribution >= 0.6 is 0 Å². The first-order chi connectivity index (χ1) is 13.1. The van der Waals surface area contributed by atoms with Crippen LogP contribution in [0.4, 0.5) is 14.5 Å². The van der Waals surface area contributed by atoms with Crippen molar-refractivity contribution >= 4 is 22.4 Å². The molecule has 2 heterocycles. The number of carbonyl (C=O) groups excluding carboxylic acids is 1. The molecule has 0 unspecified atom stereocenters. The Balaban J connectivity index is 1.52. The van der Waals surface area contributed by atoms with Crippen molar-refractivity contribution in [2.24, 2.45) is 0 Å². The number of anilines is 1. The Bertz CT molecular complexity index is 1100. The molecule has 0 bridgehead atoms. The summed E-state index contributed by atoms with van der Waals surface area (Å²) in [6, 6.07) is 15.3. The SMILES string of the molecule is O=C(Nc1cnn(Cc2cccc3ccccc23)c1)c1ccnn1C(F)F. The summed E-state index contributed by atoms with van der Waals surface area (Å²) < 4.78 is 27.7. The van der Waals surface area contributed by atoms with Crippen LogP contribution in [-0.4, -0.2) is 25.5 Å². The fraction of sp³-hybridized carbons (Fsp3) is 0.105. The Kier molecular flexibility index (Phi) is 4.37. The molecule has 1 N–H and O–H groups in total. The highest BCUT2D eigenvalue weighted by Gasteiger charge is 2.18. The Morgan fingerprint density at radius 1 is 1.07 bits per heavy atom. The van der Waals surface area contributed by atoms with Crippen LogP contribution in [0, 0.1) is 0 Å². The topological polar surface area (TPSA) is 64.7 Å². The van der Waals surface area contributed by atoms with Gasteiger partial charge in [-0.05, 0) is 22.4 Å². The molecule has 0 radical (unpaired) electrons. The Morgan fingerprint density at radius 2 is 1.89 bits per heavy atom. The molecule has 4 aromatic rings. The first-order valence-electron chi connectivity index (χ1n) is 8.24. The second kappa shape index (κ2) is 6.99. The normalized spacial score (nSPS) is 11.2. The number of alkyl halides is 2. The van der Waals surface area contributed by atoms with Crippen LogP contribution in [-0.2, 0) is 6.54 Å². The molecule has 6 nitrogen and oxygen atoms in total. The van der Waals surface area contributed by atoms with Crippen molar-refractivity contribution in [2.45, 2.75) is 13.1 Å². The Hall–Kier alpha value is -3.55. The van der Waals surface area contributed by atoms with E-state index in [9.17, 15) is 13.6 Å². The maximum atomic E-state index is 12.8. The molecule has 1 amide bonds. The summed E-state index contributed by atoms with van der Waals surface area (Å²) in [6.45, 7) is -2.36. The molecular formula is C19H15F2N5O. The molecule has 136 valence electrons. The van der Waals surface area contributed by atoms with Gasteiger partial charge in [-0.2, -0.15) is 23.7 Å². The number of amides is 1. The molecular weight excluding hydrogens is 352 g/mol. The van der Waals surface area contributed by atoms with E-state index in [1.54, 1.807) is 10.9 Å². The number of aromatic nitrogens is 4. The van der Waals surface area contributed by atoms with Gasteiger partial charge in [0.05, 0.1) is 18.4 Å². The van der Waals surface area contributed by atoms with Crippen LogP contribution < -0.4 is 5.32 Å². The first kappa shape index (κ1) is 16.9. The third kappa shape index (κ3) is 3.41. The van der Waals surface area contributed by atoms with Crippen LogP contribution in [0.15, 0.2) is 67.1 Å². The largest absolute Gasteiger partial charge is 0.333 e. The molecule has 0 aliphatic rings. The van der Waals surface area contributed by atoms with Crippen LogP contribution in [0.25, 0.3) is 10.8 Å². The van der Waals surface area contributed by atoms with Gasteiger partial charge in [0.25, 0.3) is 5.91 Å². The lowest BCUT2D eigenvalue weighted by Crippen LogP contribution is -2.18. The molecule has 0 saturated heterocycles. The second-order valence-corrected chi connectivity index (χ2v) is 5.96. The highest BCUT2D eigenvalue weighted by Crippen LogP contribution is 2.20. The minimum atomic E-state index is -2.88. The minimum absolute atomic E-state index is 0.216. The zero-order valence-corrected chi connectivity index (χ0v) is 14.1. The molecule has 0 saturated carbocycles. The lowest BCUT2D eigenvalue weighted by Gasteiger charge is -2.07. The van der Waals surface area contributed by atoms with Crippen LogP contribution in [0.3, 0.4) is 0 Å². The van der Waals surface area contributed by atoms with Crippen molar-refractivity contribution in [1.29, 1.82) is 0 Å². The van der Waals surface area contributed by atoms with E-state index in [-0.39, 0.29) is 5.69 Å². The number of nitrogens with zero attached hydrogens (tertiary/aromatic N) is 4. The molecule has 0 fully saturated rings. The number of nitrogens with one attached hydrogen (secondary N) is 1. The summed E-state index contributed by atoms with van der Waals surface area (Å²) in [6.07, 6.45) is 4.29. The van der Waals surface area contributed by atoms with E-state index in [0.717, 1.165) is 22.5 Å². The quantitative estimate of drug-likeness (QED) is 0.581. The summed E-state index contributed by atoms with van der Waals surface area (Å²) in [7, 11) is 0. The van der Waals surface area contributed by atoms with Gasteiger partial charge in [-0.15, -0.1) is 0 Å². The van der Waals surface area contributed by atoms with Crippen molar-refractivity contribution in [3.05, 3.63) is 78.4 Å². The van der Waals surface area contributed by atoms with Crippen molar-refractivity contribution in [3.63, 3.8) is 0 Å². The van der Waals surface area contributed by atoms with Gasteiger partial charge >= 0.3 is 6.55 Å². The van der Waals surface area contributed by atoms with Crippen molar-refractivity contribution in [3.8, 4) is 0 Å². The summed E-state index contributed by atoms with van der Waals surface area (Å²) >= 11 is 0. The van der Waals surface area contributed by atoms with Crippen molar-refractivity contribution < 1.29 is 13.6 Å². The van der Waals surface area contributed by atoms with Crippen molar-refractivity contribution in [1.82, 2.24) is 19.6 Å². The van der Waals surface area contributed by atoms with Crippen LogP contribution in [0.1, 0.15) is 22.6 Å². The number of carbonyl (C=O) groups is 1. The molecule has 0 aliphatic carbocycles. The Morgan fingerprint density at radius 3 is 2.74 bits per heavy atom. The monoisotopic (exact) mass is 367 g/mol. The number of halogens is 2. The lowest BCUT2D eigenvalue weighted by atomic mass is 10.0. The van der Waals surface area contributed by atoms with Gasteiger partial charge in [0.1, 0.15) is 5.69 Å². The number of fused-ring (bicyclic) bond motifs is 1. The average molecular weight is 367 g/mol. The standard InChI is InChI=1S/C19H15F2N5O/c20-19(21)26-17(8-9-22-26)18(27)24-15-10-23-25(12-15)11-14-6-3-5-13-4-1-2-7-16(13)14/h1-10,12,19H,11H2,(H,24,27). The van der Waals surface area contributed by atoms with Gasteiger partial charge in [-0.25, -0.2) is 0 Å². The maximum Gasteiger partial charge on any atom is 0.333 e. The van der Waals surface area contributed by atoms with E-state index >= 15 is 0 Å². The highest BCUT2D eigenvalue weighted by molar-refractivity contribution is 6.02. The minimum Gasteiger partial charge on any atom is -0.318 e. The van der Waals surface area contributed by atoms with Gasteiger partial charge in [0.15, 0.2) is 0 Å². The van der Waals surface area contributed by atoms with E-state index < -0.39 is 12.5 Å². The van der Waals surface area contributed by atoms with Gasteiger partial charge in [-0.3, -0.25) is 9.48 Å². The Labute approximate surface area is 153 Å². The van der Waals surface area contributed by atoms with E-state index in [0.29, 0.717) is 16.9 Å². The van der Waals surface area contributed by atoms with Gasteiger partial charge in [-0.1, -0.05) is 42.5 Å². The van der Waals surface area contributed by atoms with Gasteiger partial charge < -0.3 is 5.32 Å². The van der Waals surface area contributed by atoms with Crippen LogP contribution in [0.2, 0.25) is 0 Å². The molecule has 2 aromatic carbocycles. The van der Waals surface area contributed by atoms with Crippen LogP contribution in [0.5, 0.6) is 0 Å². The zero-order chi connectivity index (χ0) is 18.8. The fourth-order valence-corrected chi connectivity index (χ4v) is 2.96. The zero-order valence-electron chi connectivity index (χ0n) is 14.1. The molecule has 2 aromatic heterocycles. The molecule has 0 atom stereocenters. The predicted octanol–water partition coefficient (Wildman–Crippen LogP) is 3.93. The summed E-state index contributed by atoms with van der Waals surface area (Å²) in [5.74, 6) is -0.669. The highest BCUT2D eigenvalue weighted by atomic mass is 19.3. The number of hydrogen-bond acceptors (Lipinski definition) is 3. The molecule has 4 rings (SSSR count). The fourth-order valence-electron chi connectivity index (χ4n) is 2.96. The van der Waals surface area contributed by atoms with E-state index in [1.807, 2.05) is 42.5 Å². The van der Waals surface area contributed by atoms with E-state index in [1.165, 1.54) is 12.3 Å². The molecule has 0 spiro atoms. The van der Waals surface area contributed by atoms with E-state index in [4.69, 9.17) is 0 Å². The number of benzene rings is 2. The molecule has 8 heteroatoms. The molecule has 27 heavy (non-hydrogen) atoms. The predicted molar refractivity (Wildman–Crippen MR) is 96.7 cm³/mol. The first-order valence-corrected chi connectivity index (χ1v) is 8.24. The lowest BCUT2D eigenvalue weighted by molar-refractivity contribution is 0.0520. The summed E-state index contributed by atoms with van der Waals surface area (Å²) in [5, 5.41) is 12.5. The van der Waals surface area contributed by atoms with Gasteiger partial charge in [0, 0.05) is 12.4 Å². The molecule has 0 aliphatic heterocycles. The van der Waals surface area contributed by atoms with E-state index in [2.05, 4.69) is 15.5 Å². The summed E-state index contributed by atoms with van der Waals surface area (Å²) in [4.78, 5) is 12.2. The number of hydrogen-bond donors (Lipinski definition) is 1.